The summed E-state index contributed by atoms with van der Waals surface area (Å²) >= 11 is 7.68. The number of anilines is 1. The van der Waals surface area contributed by atoms with E-state index in [1.165, 1.54) is 11.8 Å². The van der Waals surface area contributed by atoms with E-state index >= 15 is 0 Å². The van der Waals surface area contributed by atoms with Crippen LogP contribution >= 0.6 is 23.4 Å². The van der Waals surface area contributed by atoms with Gasteiger partial charge in [-0.1, -0.05) is 18.5 Å². The third-order valence-electron chi connectivity index (χ3n) is 3.27. The Labute approximate surface area is 138 Å². The lowest BCUT2D eigenvalue weighted by Crippen LogP contribution is -2.34. The molecule has 2 rings (SSSR count). The van der Waals surface area contributed by atoms with Crippen molar-refractivity contribution in [2.24, 2.45) is 18.7 Å². The molecule has 1 amide bonds. The summed E-state index contributed by atoms with van der Waals surface area (Å²) in [6.07, 6.45) is 1.63. The molecule has 0 saturated heterocycles. The second-order valence-electron chi connectivity index (χ2n) is 5.11. The molecule has 3 N–H and O–H groups in total. The molecule has 1 heterocycles. The summed E-state index contributed by atoms with van der Waals surface area (Å²) < 4.78 is 1.81. The van der Waals surface area contributed by atoms with E-state index in [-0.39, 0.29) is 17.9 Å². The van der Waals surface area contributed by atoms with Crippen LogP contribution in [0.1, 0.15) is 13.8 Å². The quantitative estimate of drug-likeness (QED) is 0.874. The van der Waals surface area contributed by atoms with Gasteiger partial charge in [-0.05, 0) is 36.9 Å². The van der Waals surface area contributed by atoms with Crippen molar-refractivity contribution >= 4 is 35.0 Å². The minimum atomic E-state index is -0.272. The number of nitrogens with zero attached hydrogens (tertiary/aromatic N) is 3. The van der Waals surface area contributed by atoms with Gasteiger partial charge in [0.1, 0.15) is 6.33 Å². The normalized spacial score (nSPS) is 13.7. The first-order chi connectivity index (χ1) is 10.4. The van der Waals surface area contributed by atoms with Gasteiger partial charge in [-0.25, -0.2) is 0 Å². The van der Waals surface area contributed by atoms with Gasteiger partial charge >= 0.3 is 0 Å². The number of nitrogens with one attached hydrogen (secondary N) is 1. The predicted molar refractivity (Wildman–Crippen MR) is 88.0 cm³/mol. The molecule has 1 aromatic heterocycles. The lowest BCUT2D eigenvalue weighted by Gasteiger charge is -2.15. The lowest BCUT2D eigenvalue weighted by molar-refractivity contribution is -0.119. The minimum absolute atomic E-state index is 0.125. The average molecular weight is 340 g/mol. The summed E-state index contributed by atoms with van der Waals surface area (Å²) in [5.74, 6) is -0.397. The largest absolute Gasteiger partial charge is 0.327 e. The smallest absolute Gasteiger partial charge is 0.228 e. The maximum absolute atomic E-state index is 12.0. The van der Waals surface area contributed by atoms with Crippen LogP contribution in [0.4, 0.5) is 5.69 Å². The summed E-state index contributed by atoms with van der Waals surface area (Å²) in [5.41, 5.74) is 6.37. The molecule has 0 spiro atoms. The van der Waals surface area contributed by atoms with Gasteiger partial charge in [-0.15, -0.1) is 10.2 Å². The van der Waals surface area contributed by atoms with Crippen LogP contribution in [0.2, 0.25) is 5.02 Å². The monoisotopic (exact) mass is 339 g/mol. The summed E-state index contributed by atoms with van der Waals surface area (Å²) in [6.45, 7) is 3.59. The van der Waals surface area contributed by atoms with Gasteiger partial charge in [0.05, 0.1) is 10.9 Å². The van der Waals surface area contributed by atoms with E-state index < -0.39 is 0 Å². The molecule has 0 fully saturated rings. The van der Waals surface area contributed by atoms with Crippen molar-refractivity contribution in [2.45, 2.75) is 29.9 Å². The summed E-state index contributed by atoms with van der Waals surface area (Å²) in [6, 6.07) is 5.15. The third-order valence-corrected chi connectivity index (χ3v) is 4.83. The molecule has 0 aliphatic rings. The molecule has 0 saturated carbocycles. The molecule has 0 aliphatic heterocycles. The molecule has 1 aromatic carbocycles. The molecule has 2 unspecified atom stereocenters. The van der Waals surface area contributed by atoms with Crippen LogP contribution in [0, 0.1) is 5.92 Å². The fraction of sp³-hybridized carbons (Fsp3) is 0.357. The molecule has 22 heavy (non-hydrogen) atoms. The SMILES string of the molecule is CC(N)C(C)C(=O)Nc1ccc(Sc2nncn2C)c(Cl)c1. The van der Waals surface area contributed by atoms with E-state index in [2.05, 4.69) is 15.5 Å². The molecule has 0 bridgehead atoms. The number of aromatic nitrogens is 3. The Kier molecular flexibility index (Phi) is 5.44. The Morgan fingerprint density at radius 2 is 2.18 bits per heavy atom. The van der Waals surface area contributed by atoms with Crippen LogP contribution in [0.3, 0.4) is 0 Å². The van der Waals surface area contributed by atoms with E-state index in [4.69, 9.17) is 17.3 Å². The van der Waals surface area contributed by atoms with Crippen LogP contribution in [0.25, 0.3) is 0 Å². The van der Waals surface area contributed by atoms with Gasteiger partial charge in [-0.2, -0.15) is 0 Å². The van der Waals surface area contributed by atoms with Crippen LogP contribution in [-0.4, -0.2) is 26.7 Å². The van der Waals surface area contributed by atoms with E-state index in [1.54, 1.807) is 36.9 Å². The molecule has 0 aliphatic carbocycles. The number of halogens is 1. The molecule has 6 nitrogen and oxygen atoms in total. The van der Waals surface area contributed by atoms with Crippen LogP contribution in [0.15, 0.2) is 34.6 Å². The zero-order valence-electron chi connectivity index (χ0n) is 12.6. The van der Waals surface area contributed by atoms with Gasteiger partial charge in [0.25, 0.3) is 0 Å². The number of aryl methyl sites for hydroxylation is 1. The number of hydrogen-bond acceptors (Lipinski definition) is 5. The Hall–Kier alpha value is -1.57. The highest BCUT2D eigenvalue weighted by atomic mass is 35.5. The van der Waals surface area contributed by atoms with E-state index in [9.17, 15) is 4.79 Å². The molecular formula is C14H18ClN5OS. The van der Waals surface area contributed by atoms with Gasteiger partial charge in [0.2, 0.25) is 5.91 Å². The van der Waals surface area contributed by atoms with E-state index in [0.29, 0.717) is 10.7 Å². The molecule has 2 atom stereocenters. The highest BCUT2D eigenvalue weighted by molar-refractivity contribution is 7.99. The first-order valence-corrected chi connectivity index (χ1v) is 7.95. The van der Waals surface area contributed by atoms with Gasteiger partial charge < -0.3 is 15.6 Å². The molecule has 118 valence electrons. The summed E-state index contributed by atoms with van der Waals surface area (Å²) in [7, 11) is 1.86. The topological polar surface area (TPSA) is 85.8 Å². The molecule has 2 aromatic rings. The number of amides is 1. The maximum Gasteiger partial charge on any atom is 0.228 e. The van der Waals surface area contributed by atoms with Crippen molar-refractivity contribution in [3.8, 4) is 0 Å². The van der Waals surface area contributed by atoms with Crippen molar-refractivity contribution in [1.82, 2.24) is 14.8 Å². The average Bonchev–Trinajstić information content (AvgIpc) is 2.86. The van der Waals surface area contributed by atoms with Crippen LogP contribution in [-0.2, 0) is 11.8 Å². The highest BCUT2D eigenvalue weighted by Crippen LogP contribution is 2.33. The number of nitrogens with two attached hydrogens (primary N) is 1. The van der Waals surface area contributed by atoms with Crippen molar-refractivity contribution in [3.05, 3.63) is 29.5 Å². The van der Waals surface area contributed by atoms with Crippen molar-refractivity contribution in [1.29, 1.82) is 0 Å². The number of benzene rings is 1. The highest BCUT2D eigenvalue weighted by Gasteiger charge is 2.17. The van der Waals surface area contributed by atoms with Gasteiger partial charge in [-0.3, -0.25) is 4.79 Å². The molecular weight excluding hydrogens is 322 g/mol. The van der Waals surface area contributed by atoms with Crippen molar-refractivity contribution < 1.29 is 4.79 Å². The fourth-order valence-electron chi connectivity index (χ4n) is 1.62. The van der Waals surface area contributed by atoms with E-state index in [1.807, 2.05) is 13.1 Å². The number of hydrogen-bond donors (Lipinski definition) is 2. The summed E-state index contributed by atoms with van der Waals surface area (Å²) in [5, 5.41) is 11.9. The maximum atomic E-state index is 12.0. The van der Waals surface area contributed by atoms with Gasteiger partial charge in [0, 0.05) is 23.7 Å². The first kappa shape index (κ1) is 16.8. The third kappa shape index (κ3) is 4.00. The lowest BCUT2D eigenvalue weighted by atomic mass is 10.0. The molecule has 0 radical (unpaired) electrons. The van der Waals surface area contributed by atoms with Crippen molar-refractivity contribution in [3.63, 3.8) is 0 Å². The Morgan fingerprint density at radius 3 is 2.73 bits per heavy atom. The zero-order valence-corrected chi connectivity index (χ0v) is 14.1. The Bertz CT molecular complexity index is 673. The first-order valence-electron chi connectivity index (χ1n) is 6.76. The van der Waals surface area contributed by atoms with Gasteiger partial charge in [0.15, 0.2) is 5.16 Å². The van der Waals surface area contributed by atoms with E-state index in [0.717, 1.165) is 10.1 Å². The number of carbonyl (C=O) groups excluding carboxylic acids is 1. The second kappa shape index (κ2) is 7.13. The Morgan fingerprint density at radius 1 is 1.45 bits per heavy atom. The number of carbonyl (C=O) groups is 1. The second-order valence-corrected chi connectivity index (χ2v) is 6.53. The standard InChI is InChI=1S/C14H18ClN5OS/c1-8(9(2)16)13(21)18-10-4-5-12(11(15)6-10)22-14-19-17-7-20(14)3/h4-9H,16H2,1-3H3,(H,18,21). The fourth-order valence-corrected chi connectivity index (χ4v) is 2.68. The number of rotatable bonds is 5. The van der Waals surface area contributed by atoms with Crippen LogP contribution < -0.4 is 11.1 Å². The Balaban J connectivity index is 2.10. The van der Waals surface area contributed by atoms with Crippen molar-refractivity contribution in [2.75, 3.05) is 5.32 Å². The van der Waals surface area contributed by atoms with Crippen LogP contribution in [0.5, 0.6) is 0 Å². The zero-order chi connectivity index (χ0) is 16.3. The predicted octanol–water partition coefficient (Wildman–Crippen LogP) is 2.54. The summed E-state index contributed by atoms with van der Waals surface area (Å²) in [4.78, 5) is 12.8. The minimum Gasteiger partial charge on any atom is -0.327 e. The molecule has 8 heteroatoms.